The predicted octanol–water partition coefficient (Wildman–Crippen LogP) is -0.0388. The predicted molar refractivity (Wildman–Crippen MR) is 71.7 cm³/mol. The van der Waals surface area contributed by atoms with E-state index in [-0.39, 0.29) is 24.3 Å². The number of carboxylic acids is 1. The Morgan fingerprint density at radius 2 is 2.00 bits per heavy atom. The van der Waals surface area contributed by atoms with E-state index in [2.05, 4.69) is 0 Å². The fraction of sp³-hybridized carbons (Fsp3) is 0.385. The van der Waals surface area contributed by atoms with Crippen molar-refractivity contribution in [2.24, 2.45) is 0 Å². The summed E-state index contributed by atoms with van der Waals surface area (Å²) in [7, 11) is -3.99. The maximum absolute atomic E-state index is 12.5. The van der Waals surface area contributed by atoms with E-state index in [0.717, 1.165) is 4.31 Å². The van der Waals surface area contributed by atoms with E-state index in [1.807, 2.05) is 6.07 Å². The van der Waals surface area contributed by atoms with Crippen LogP contribution in [0.4, 0.5) is 0 Å². The Kier molecular flexibility index (Phi) is 4.27. The van der Waals surface area contributed by atoms with Gasteiger partial charge in [0.05, 0.1) is 23.5 Å². The molecular formula is C13H14N2O5S. The van der Waals surface area contributed by atoms with Gasteiger partial charge in [0.2, 0.25) is 10.0 Å². The third-order valence-electron chi connectivity index (χ3n) is 3.33. The van der Waals surface area contributed by atoms with Crippen LogP contribution < -0.4 is 0 Å². The SMILES string of the molecule is N#CCc1ccc(S(=O)(=O)N2CC(O)C[C@H]2C(=O)O)cc1. The molecule has 21 heavy (non-hydrogen) atoms. The molecule has 112 valence electrons. The number of aliphatic hydroxyl groups is 1. The van der Waals surface area contributed by atoms with E-state index in [1.54, 1.807) is 0 Å². The second-order valence-electron chi connectivity index (χ2n) is 4.80. The van der Waals surface area contributed by atoms with Gasteiger partial charge in [-0.1, -0.05) is 12.1 Å². The molecule has 0 amide bonds. The average molecular weight is 310 g/mol. The van der Waals surface area contributed by atoms with E-state index in [0.29, 0.717) is 5.56 Å². The first-order valence-electron chi connectivity index (χ1n) is 6.25. The number of carboxylic acid groups (broad SMARTS) is 1. The minimum atomic E-state index is -3.99. The number of hydrogen-bond donors (Lipinski definition) is 2. The van der Waals surface area contributed by atoms with Gasteiger partial charge in [-0.15, -0.1) is 0 Å². The molecule has 2 N–H and O–H groups in total. The van der Waals surface area contributed by atoms with Crippen molar-refractivity contribution in [1.29, 1.82) is 5.26 Å². The van der Waals surface area contributed by atoms with Gasteiger partial charge in [-0.2, -0.15) is 9.57 Å². The number of hydrogen-bond acceptors (Lipinski definition) is 5. The van der Waals surface area contributed by atoms with Crippen LogP contribution >= 0.6 is 0 Å². The summed E-state index contributed by atoms with van der Waals surface area (Å²) in [5, 5.41) is 27.2. The van der Waals surface area contributed by atoms with E-state index >= 15 is 0 Å². The summed E-state index contributed by atoms with van der Waals surface area (Å²) in [6.07, 6.45) is -0.944. The zero-order valence-electron chi connectivity index (χ0n) is 11.0. The van der Waals surface area contributed by atoms with Crippen LogP contribution in [-0.2, 0) is 21.2 Å². The Morgan fingerprint density at radius 3 is 2.52 bits per heavy atom. The summed E-state index contributed by atoms with van der Waals surface area (Å²) in [5.41, 5.74) is 0.674. The lowest BCUT2D eigenvalue weighted by Gasteiger charge is -2.20. The van der Waals surface area contributed by atoms with Crippen LogP contribution in [-0.4, -0.2) is 47.6 Å². The summed E-state index contributed by atoms with van der Waals surface area (Å²) < 4.78 is 25.7. The topological polar surface area (TPSA) is 119 Å². The summed E-state index contributed by atoms with van der Waals surface area (Å²) >= 11 is 0. The van der Waals surface area contributed by atoms with Crippen molar-refractivity contribution in [3.05, 3.63) is 29.8 Å². The maximum atomic E-state index is 12.5. The summed E-state index contributed by atoms with van der Waals surface area (Å²) in [6.45, 7) is -0.237. The molecule has 0 radical (unpaired) electrons. The Morgan fingerprint density at radius 1 is 1.38 bits per heavy atom. The van der Waals surface area contributed by atoms with E-state index in [9.17, 15) is 18.3 Å². The molecule has 0 saturated carbocycles. The number of nitriles is 1. The van der Waals surface area contributed by atoms with Gasteiger partial charge in [0.1, 0.15) is 6.04 Å². The van der Waals surface area contributed by atoms with Gasteiger partial charge in [0.15, 0.2) is 0 Å². The van der Waals surface area contributed by atoms with Crippen molar-refractivity contribution in [2.45, 2.75) is 29.9 Å². The van der Waals surface area contributed by atoms with Crippen LogP contribution in [0.5, 0.6) is 0 Å². The molecule has 0 spiro atoms. The van der Waals surface area contributed by atoms with Crippen LogP contribution in [0, 0.1) is 11.3 Å². The fourth-order valence-corrected chi connectivity index (χ4v) is 3.91. The molecule has 1 unspecified atom stereocenters. The number of nitrogens with zero attached hydrogens (tertiary/aromatic N) is 2. The second kappa shape index (κ2) is 5.81. The van der Waals surface area contributed by atoms with Crippen LogP contribution in [0.25, 0.3) is 0 Å². The normalized spacial score (nSPS) is 22.9. The minimum Gasteiger partial charge on any atom is -0.480 e. The van der Waals surface area contributed by atoms with Crippen LogP contribution in [0.1, 0.15) is 12.0 Å². The summed E-state index contributed by atoms with van der Waals surface area (Å²) in [6, 6.07) is 6.40. The van der Waals surface area contributed by atoms with Crippen molar-refractivity contribution < 1.29 is 23.4 Å². The first-order valence-corrected chi connectivity index (χ1v) is 7.69. The zero-order chi connectivity index (χ0) is 15.6. The quantitative estimate of drug-likeness (QED) is 0.805. The number of sulfonamides is 1. The molecule has 1 aliphatic heterocycles. The molecule has 0 aliphatic carbocycles. The van der Waals surface area contributed by atoms with Gasteiger partial charge in [-0.05, 0) is 17.7 Å². The zero-order valence-corrected chi connectivity index (χ0v) is 11.8. The molecule has 1 aliphatic rings. The molecule has 1 aromatic rings. The molecule has 8 heteroatoms. The Bertz CT molecular complexity index is 678. The Labute approximate surface area is 122 Å². The van der Waals surface area contributed by atoms with Gasteiger partial charge in [0, 0.05) is 13.0 Å². The highest BCUT2D eigenvalue weighted by Crippen LogP contribution is 2.26. The molecular weight excluding hydrogens is 296 g/mol. The van der Waals surface area contributed by atoms with Gasteiger partial charge in [-0.3, -0.25) is 4.79 Å². The van der Waals surface area contributed by atoms with Crippen molar-refractivity contribution >= 4 is 16.0 Å². The van der Waals surface area contributed by atoms with Gasteiger partial charge >= 0.3 is 5.97 Å². The van der Waals surface area contributed by atoms with E-state index in [1.165, 1.54) is 24.3 Å². The highest BCUT2D eigenvalue weighted by Gasteiger charge is 2.43. The molecule has 7 nitrogen and oxygen atoms in total. The number of rotatable bonds is 4. The van der Waals surface area contributed by atoms with E-state index in [4.69, 9.17) is 10.4 Å². The van der Waals surface area contributed by atoms with E-state index < -0.39 is 28.1 Å². The first kappa shape index (κ1) is 15.4. The van der Waals surface area contributed by atoms with Crippen LogP contribution in [0.2, 0.25) is 0 Å². The molecule has 0 aromatic heterocycles. The monoisotopic (exact) mass is 310 g/mol. The second-order valence-corrected chi connectivity index (χ2v) is 6.69. The smallest absolute Gasteiger partial charge is 0.322 e. The van der Waals surface area contributed by atoms with Crippen molar-refractivity contribution in [1.82, 2.24) is 4.31 Å². The molecule has 1 saturated heterocycles. The molecule has 1 aromatic carbocycles. The molecule has 1 fully saturated rings. The lowest BCUT2D eigenvalue weighted by molar-refractivity contribution is -0.140. The lowest BCUT2D eigenvalue weighted by Crippen LogP contribution is -2.40. The summed E-state index contributed by atoms with van der Waals surface area (Å²) in [5.74, 6) is -1.28. The maximum Gasteiger partial charge on any atom is 0.322 e. The number of aliphatic hydroxyl groups excluding tert-OH is 1. The number of β-amino-alcohol motifs (C(OH)–C–C–N with tert-alkyl or cyclic N) is 1. The Balaban J connectivity index is 2.33. The fourth-order valence-electron chi connectivity index (χ4n) is 2.28. The lowest BCUT2D eigenvalue weighted by atomic mass is 10.2. The summed E-state index contributed by atoms with van der Waals surface area (Å²) in [4.78, 5) is 11.1. The molecule has 2 atom stereocenters. The number of carbonyl (C=O) groups is 1. The van der Waals surface area contributed by atoms with Crippen molar-refractivity contribution in [3.8, 4) is 6.07 Å². The van der Waals surface area contributed by atoms with Crippen LogP contribution in [0.15, 0.2) is 29.2 Å². The number of aliphatic carboxylic acids is 1. The largest absolute Gasteiger partial charge is 0.480 e. The van der Waals surface area contributed by atoms with Crippen LogP contribution in [0.3, 0.4) is 0 Å². The van der Waals surface area contributed by atoms with Gasteiger partial charge in [-0.25, -0.2) is 8.42 Å². The molecule has 2 rings (SSSR count). The highest BCUT2D eigenvalue weighted by atomic mass is 32.2. The first-order chi connectivity index (χ1) is 9.86. The third kappa shape index (κ3) is 3.05. The molecule has 0 bridgehead atoms. The van der Waals surface area contributed by atoms with Gasteiger partial charge in [0.25, 0.3) is 0 Å². The Hall–Kier alpha value is -1.95. The molecule has 1 heterocycles. The van der Waals surface area contributed by atoms with Crippen molar-refractivity contribution in [3.63, 3.8) is 0 Å². The standard InChI is InChI=1S/C13H14N2O5S/c14-6-5-9-1-3-11(4-2-9)21(19,20)15-8-10(16)7-12(15)13(17)18/h1-4,10,12,16H,5,7-8H2,(H,17,18)/t10?,12-/m0/s1. The average Bonchev–Trinajstić information content (AvgIpc) is 2.83. The van der Waals surface area contributed by atoms with Crippen molar-refractivity contribution in [2.75, 3.05) is 6.54 Å². The number of benzene rings is 1. The highest BCUT2D eigenvalue weighted by molar-refractivity contribution is 7.89. The van der Waals surface area contributed by atoms with Gasteiger partial charge < -0.3 is 10.2 Å². The minimum absolute atomic E-state index is 0.0514. The third-order valence-corrected chi connectivity index (χ3v) is 5.22.